The molecule has 34 heavy (non-hydrogen) atoms. The fourth-order valence-corrected chi connectivity index (χ4v) is 5.00. The number of imide groups is 1. The first kappa shape index (κ1) is 22.3. The molecule has 2 aromatic rings. The van der Waals surface area contributed by atoms with E-state index in [1.165, 1.54) is 17.0 Å². The number of fused-ring (bicyclic) bond motifs is 1. The van der Waals surface area contributed by atoms with E-state index in [2.05, 4.69) is 20.1 Å². The van der Waals surface area contributed by atoms with Crippen molar-refractivity contribution in [3.8, 4) is 5.75 Å². The van der Waals surface area contributed by atoms with Gasteiger partial charge in [0.2, 0.25) is 11.8 Å². The molecule has 5 rings (SSSR count). The highest BCUT2D eigenvalue weighted by molar-refractivity contribution is 6.06. The average Bonchev–Trinajstić information content (AvgIpc) is 3.15. The van der Waals surface area contributed by atoms with E-state index >= 15 is 0 Å². The molecule has 0 bridgehead atoms. The van der Waals surface area contributed by atoms with Crippen molar-refractivity contribution < 1.29 is 23.5 Å². The van der Waals surface area contributed by atoms with Crippen LogP contribution in [0.3, 0.4) is 0 Å². The first-order valence-corrected chi connectivity index (χ1v) is 11.4. The maximum Gasteiger partial charge on any atom is 0.255 e. The van der Waals surface area contributed by atoms with E-state index in [4.69, 9.17) is 4.74 Å². The van der Waals surface area contributed by atoms with Crippen molar-refractivity contribution in [2.75, 3.05) is 38.2 Å². The van der Waals surface area contributed by atoms with E-state index < -0.39 is 17.8 Å². The Balaban J connectivity index is 1.31. The summed E-state index contributed by atoms with van der Waals surface area (Å²) in [6, 6.07) is 3.95. The summed E-state index contributed by atoms with van der Waals surface area (Å²) >= 11 is 0. The summed E-state index contributed by atoms with van der Waals surface area (Å²) in [5, 5.41) is 2.30. The van der Waals surface area contributed by atoms with Crippen LogP contribution in [0.25, 0.3) is 0 Å². The SMILES string of the molecule is COc1cnccc1CN1CCN(c2cc(F)cc3c2CN(C2CCC(=O)NC2=O)C3=O)CC1. The summed E-state index contributed by atoms with van der Waals surface area (Å²) in [5.74, 6) is -0.899. The van der Waals surface area contributed by atoms with Crippen molar-refractivity contribution >= 4 is 23.4 Å². The van der Waals surface area contributed by atoms with Crippen molar-refractivity contribution in [3.63, 3.8) is 0 Å². The predicted octanol–water partition coefficient (Wildman–Crippen LogP) is 1.31. The number of nitrogens with zero attached hydrogens (tertiary/aromatic N) is 4. The number of ether oxygens (including phenoxy) is 1. The lowest BCUT2D eigenvalue weighted by molar-refractivity contribution is -0.136. The lowest BCUT2D eigenvalue weighted by Crippen LogP contribution is -2.52. The molecule has 1 unspecified atom stereocenters. The van der Waals surface area contributed by atoms with Crippen LogP contribution in [0.15, 0.2) is 30.6 Å². The molecule has 1 atom stereocenters. The average molecular weight is 468 g/mol. The van der Waals surface area contributed by atoms with Gasteiger partial charge in [-0.15, -0.1) is 0 Å². The summed E-state index contributed by atoms with van der Waals surface area (Å²) in [7, 11) is 1.63. The van der Waals surface area contributed by atoms with E-state index in [0.29, 0.717) is 24.3 Å². The second-order valence-electron chi connectivity index (χ2n) is 8.80. The van der Waals surface area contributed by atoms with Crippen molar-refractivity contribution in [1.29, 1.82) is 0 Å². The maximum absolute atomic E-state index is 14.5. The van der Waals surface area contributed by atoms with Crippen molar-refractivity contribution in [2.45, 2.75) is 32.0 Å². The van der Waals surface area contributed by atoms with Gasteiger partial charge in [-0.25, -0.2) is 4.39 Å². The third kappa shape index (κ3) is 4.09. The first-order valence-electron chi connectivity index (χ1n) is 11.4. The molecule has 1 N–H and O–H groups in total. The van der Waals surface area contributed by atoms with Crippen molar-refractivity contribution in [3.05, 3.63) is 53.1 Å². The number of pyridine rings is 1. The van der Waals surface area contributed by atoms with Crippen LogP contribution in [0.1, 0.15) is 34.3 Å². The molecule has 178 valence electrons. The van der Waals surface area contributed by atoms with Crippen LogP contribution >= 0.6 is 0 Å². The van der Waals surface area contributed by atoms with E-state index in [0.717, 1.165) is 36.5 Å². The predicted molar refractivity (Wildman–Crippen MR) is 121 cm³/mol. The number of piperidine rings is 1. The number of halogens is 1. The molecule has 3 aliphatic heterocycles. The zero-order valence-electron chi connectivity index (χ0n) is 18.9. The number of methoxy groups -OCH3 is 1. The van der Waals surface area contributed by atoms with Crippen LogP contribution in [0.5, 0.6) is 5.75 Å². The maximum atomic E-state index is 14.5. The number of nitrogens with one attached hydrogen (secondary N) is 1. The number of hydrogen-bond acceptors (Lipinski definition) is 7. The number of aromatic nitrogens is 1. The third-order valence-electron chi connectivity index (χ3n) is 6.79. The Hall–Kier alpha value is -3.53. The van der Waals surface area contributed by atoms with Gasteiger partial charge >= 0.3 is 0 Å². The normalized spacial score (nSPS) is 21.0. The molecule has 1 aromatic carbocycles. The number of amides is 3. The molecule has 1 aromatic heterocycles. The number of carbonyl (C=O) groups is 3. The summed E-state index contributed by atoms with van der Waals surface area (Å²) in [6.45, 7) is 3.84. The standard InChI is InChI=1S/C24H26FN5O4/c1-34-21-12-26-5-4-15(21)13-28-6-8-29(9-7-28)20-11-16(25)10-17-18(20)14-30(24(17)33)19-2-3-22(31)27-23(19)32/h4-5,10-12,19H,2-3,6-9,13-14H2,1H3,(H,27,31,32). The van der Waals surface area contributed by atoms with Gasteiger partial charge in [-0.1, -0.05) is 0 Å². The Bertz CT molecular complexity index is 1150. The van der Waals surface area contributed by atoms with Crippen LogP contribution < -0.4 is 15.0 Å². The largest absolute Gasteiger partial charge is 0.495 e. The van der Waals surface area contributed by atoms with Gasteiger partial charge in [-0.05, 0) is 24.6 Å². The highest BCUT2D eigenvalue weighted by atomic mass is 19.1. The van der Waals surface area contributed by atoms with Gasteiger partial charge < -0.3 is 14.5 Å². The zero-order valence-corrected chi connectivity index (χ0v) is 18.9. The minimum Gasteiger partial charge on any atom is -0.495 e. The zero-order chi connectivity index (χ0) is 23.8. The van der Waals surface area contributed by atoms with Crippen molar-refractivity contribution in [2.24, 2.45) is 0 Å². The molecular formula is C24H26FN5O4. The molecule has 2 fully saturated rings. The number of piperazine rings is 1. The lowest BCUT2D eigenvalue weighted by Gasteiger charge is -2.37. The number of rotatable bonds is 5. The number of carbonyl (C=O) groups excluding carboxylic acids is 3. The molecule has 0 radical (unpaired) electrons. The molecule has 0 aliphatic carbocycles. The number of anilines is 1. The van der Waals surface area contributed by atoms with Gasteiger partial charge in [0, 0.05) is 74.3 Å². The minimum absolute atomic E-state index is 0.183. The van der Waals surface area contributed by atoms with Gasteiger partial charge in [0.05, 0.1) is 13.3 Å². The Morgan fingerprint density at radius 3 is 2.71 bits per heavy atom. The van der Waals surface area contributed by atoms with Gasteiger partial charge in [-0.3, -0.25) is 29.6 Å². The van der Waals surface area contributed by atoms with Crippen molar-refractivity contribution in [1.82, 2.24) is 20.1 Å². The summed E-state index contributed by atoms with van der Waals surface area (Å²) in [5.41, 5.74) is 2.78. The van der Waals surface area contributed by atoms with Crippen LogP contribution in [-0.2, 0) is 22.7 Å². The highest BCUT2D eigenvalue weighted by Crippen LogP contribution is 2.35. The van der Waals surface area contributed by atoms with Crippen LogP contribution in [-0.4, -0.2) is 71.8 Å². The Labute approximate surface area is 196 Å². The Morgan fingerprint density at radius 2 is 1.97 bits per heavy atom. The summed E-state index contributed by atoms with van der Waals surface area (Å²) in [4.78, 5) is 46.9. The molecule has 0 spiro atoms. The van der Waals surface area contributed by atoms with Gasteiger partial charge in [-0.2, -0.15) is 0 Å². The van der Waals surface area contributed by atoms with Gasteiger partial charge in [0.1, 0.15) is 17.6 Å². The smallest absolute Gasteiger partial charge is 0.255 e. The molecule has 3 amide bonds. The molecule has 4 heterocycles. The monoisotopic (exact) mass is 467 g/mol. The third-order valence-corrected chi connectivity index (χ3v) is 6.79. The highest BCUT2D eigenvalue weighted by Gasteiger charge is 2.41. The van der Waals surface area contributed by atoms with Crippen LogP contribution in [0.2, 0.25) is 0 Å². The second kappa shape index (κ2) is 9.02. The molecule has 2 saturated heterocycles. The molecular weight excluding hydrogens is 441 g/mol. The summed E-state index contributed by atoms with van der Waals surface area (Å²) in [6.07, 6.45) is 3.91. The number of benzene rings is 1. The van der Waals surface area contributed by atoms with Crippen LogP contribution in [0, 0.1) is 5.82 Å². The van der Waals surface area contributed by atoms with Gasteiger partial charge in [0.15, 0.2) is 0 Å². The summed E-state index contributed by atoms with van der Waals surface area (Å²) < 4.78 is 19.9. The van der Waals surface area contributed by atoms with E-state index in [-0.39, 0.29) is 31.2 Å². The van der Waals surface area contributed by atoms with Crippen LogP contribution in [0.4, 0.5) is 10.1 Å². The van der Waals surface area contributed by atoms with E-state index in [1.54, 1.807) is 19.5 Å². The number of hydrogen-bond donors (Lipinski definition) is 1. The lowest BCUT2D eigenvalue weighted by atomic mass is 10.0. The van der Waals surface area contributed by atoms with E-state index in [1.807, 2.05) is 6.07 Å². The molecule has 0 saturated carbocycles. The Morgan fingerprint density at radius 1 is 1.18 bits per heavy atom. The van der Waals surface area contributed by atoms with Gasteiger partial charge in [0.25, 0.3) is 5.91 Å². The fourth-order valence-electron chi connectivity index (χ4n) is 5.00. The fraction of sp³-hybridized carbons (Fsp3) is 0.417. The topological polar surface area (TPSA) is 95.1 Å². The Kier molecular flexibility index (Phi) is 5.91. The minimum atomic E-state index is -0.722. The quantitative estimate of drug-likeness (QED) is 0.663. The second-order valence-corrected chi connectivity index (χ2v) is 8.80. The first-order chi connectivity index (χ1) is 16.4. The molecule has 3 aliphatic rings. The molecule has 9 nitrogen and oxygen atoms in total. The van der Waals surface area contributed by atoms with E-state index in [9.17, 15) is 18.8 Å². The molecule has 10 heteroatoms.